The lowest BCUT2D eigenvalue weighted by molar-refractivity contribution is 0.0706. The summed E-state index contributed by atoms with van der Waals surface area (Å²) in [5, 5.41) is 3.65. The molecular weight excluding hydrogens is 400 g/mol. The number of hydrogen-bond donors (Lipinski definition) is 1. The van der Waals surface area contributed by atoms with Crippen molar-refractivity contribution in [3.8, 4) is 0 Å². The summed E-state index contributed by atoms with van der Waals surface area (Å²) in [5.74, 6) is 1.33. The maximum atomic E-state index is 13.2. The Morgan fingerprint density at radius 1 is 1.19 bits per heavy atom. The van der Waals surface area contributed by atoms with Crippen LogP contribution in [0, 0.1) is 0 Å². The predicted octanol–water partition coefficient (Wildman–Crippen LogP) is 5.10. The van der Waals surface area contributed by atoms with E-state index in [1.807, 2.05) is 54.3 Å². The Bertz CT molecular complexity index is 1070. The zero-order valence-electron chi connectivity index (χ0n) is 19.6. The lowest BCUT2D eigenvalue weighted by Gasteiger charge is -2.33. The largest absolute Gasteiger partial charge is 0.377 e. The fourth-order valence-corrected chi connectivity index (χ4v) is 4.31. The summed E-state index contributed by atoms with van der Waals surface area (Å²) in [6.45, 7) is 11.2. The van der Waals surface area contributed by atoms with E-state index in [9.17, 15) is 4.79 Å². The van der Waals surface area contributed by atoms with Gasteiger partial charge in [0.2, 0.25) is 0 Å². The number of likely N-dealkylation sites (tertiary alicyclic amines) is 1. The van der Waals surface area contributed by atoms with Crippen LogP contribution in [0.2, 0.25) is 0 Å². The topological polar surface area (TPSA) is 58.9 Å². The van der Waals surface area contributed by atoms with E-state index in [2.05, 4.69) is 36.7 Å². The molecule has 1 aliphatic heterocycles. The number of aromatic nitrogens is 2. The molecule has 1 atom stereocenters. The molecule has 4 rings (SSSR count). The number of hydrogen-bond acceptors (Lipinski definition) is 4. The number of piperidine rings is 1. The fourth-order valence-electron chi connectivity index (χ4n) is 4.31. The second-order valence-electron chi connectivity index (χ2n) is 9.57. The molecule has 0 bridgehead atoms. The number of ether oxygens (including phenoxy) is 1. The Labute approximate surface area is 190 Å². The Morgan fingerprint density at radius 2 is 1.97 bits per heavy atom. The smallest absolute Gasteiger partial charge is 0.253 e. The van der Waals surface area contributed by atoms with Crippen LogP contribution in [-0.4, -0.2) is 45.4 Å². The standard InChI is InChI=1S/C26H34N4O2/c1-5-32-18-19-11-13-20(14-12-19)25(31)29-15-8-9-21(17-29)23-24(28-26(2,3)4)30-16-7-6-10-22(30)27-23/h6-7,10-14,16,21,28H,5,8-9,15,17-18H2,1-4H3/t21-/m1/s1. The molecule has 1 aliphatic rings. The van der Waals surface area contributed by atoms with Crippen LogP contribution >= 0.6 is 0 Å². The molecule has 0 radical (unpaired) electrons. The van der Waals surface area contributed by atoms with E-state index < -0.39 is 0 Å². The van der Waals surface area contributed by atoms with E-state index in [-0.39, 0.29) is 17.4 Å². The highest BCUT2D eigenvalue weighted by Crippen LogP contribution is 2.34. The zero-order chi connectivity index (χ0) is 22.7. The van der Waals surface area contributed by atoms with Gasteiger partial charge in [-0.2, -0.15) is 0 Å². The molecule has 2 aromatic heterocycles. The Hall–Kier alpha value is -2.86. The van der Waals surface area contributed by atoms with Gasteiger partial charge < -0.3 is 15.0 Å². The molecule has 0 saturated carbocycles. The Kier molecular flexibility index (Phi) is 6.51. The third-order valence-electron chi connectivity index (χ3n) is 5.82. The summed E-state index contributed by atoms with van der Waals surface area (Å²) in [6, 6.07) is 13.9. The van der Waals surface area contributed by atoms with E-state index in [0.29, 0.717) is 19.8 Å². The monoisotopic (exact) mass is 434 g/mol. The number of rotatable bonds is 6. The maximum Gasteiger partial charge on any atom is 0.253 e. The van der Waals surface area contributed by atoms with Gasteiger partial charge in [0.15, 0.2) is 0 Å². The molecule has 6 heteroatoms. The highest BCUT2D eigenvalue weighted by Gasteiger charge is 2.30. The first-order chi connectivity index (χ1) is 15.4. The minimum absolute atomic E-state index is 0.0893. The van der Waals surface area contributed by atoms with Gasteiger partial charge in [0, 0.05) is 42.9 Å². The van der Waals surface area contributed by atoms with Crippen LogP contribution in [-0.2, 0) is 11.3 Å². The van der Waals surface area contributed by atoms with Gasteiger partial charge in [-0.25, -0.2) is 4.98 Å². The van der Waals surface area contributed by atoms with Crippen molar-refractivity contribution in [2.75, 3.05) is 25.0 Å². The Morgan fingerprint density at radius 3 is 2.69 bits per heavy atom. The minimum Gasteiger partial charge on any atom is -0.377 e. The molecule has 1 aromatic carbocycles. The second-order valence-corrected chi connectivity index (χ2v) is 9.57. The highest BCUT2D eigenvalue weighted by atomic mass is 16.5. The van der Waals surface area contributed by atoms with Crippen molar-refractivity contribution in [1.82, 2.24) is 14.3 Å². The van der Waals surface area contributed by atoms with E-state index in [1.165, 1.54) is 0 Å². The molecule has 170 valence electrons. The average molecular weight is 435 g/mol. The molecule has 3 heterocycles. The van der Waals surface area contributed by atoms with E-state index >= 15 is 0 Å². The van der Waals surface area contributed by atoms with Crippen molar-refractivity contribution in [2.45, 2.75) is 58.6 Å². The van der Waals surface area contributed by atoms with E-state index in [4.69, 9.17) is 9.72 Å². The van der Waals surface area contributed by atoms with Crippen LogP contribution < -0.4 is 5.32 Å². The number of anilines is 1. The highest BCUT2D eigenvalue weighted by molar-refractivity contribution is 5.94. The molecule has 0 spiro atoms. The second kappa shape index (κ2) is 9.33. The van der Waals surface area contributed by atoms with Crippen LogP contribution in [0.15, 0.2) is 48.7 Å². The molecule has 3 aromatic rings. The minimum atomic E-state index is -0.0893. The van der Waals surface area contributed by atoms with Crippen molar-refractivity contribution in [3.63, 3.8) is 0 Å². The van der Waals surface area contributed by atoms with Gasteiger partial charge in [0.05, 0.1) is 12.3 Å². The number of imidazole rings is 1. The summed E-state index contributed by atoms with van der Waals surface area (Å²) >= 11 is 0. The van der Waals surface area contributed by atoms with Gasteiger partial charge in [0.25, 0.3) is 5.91 Å². The van der Waals surface area contributed by atoms with Crippen LogP contribution in [0.5, 0.6) is 0 Å². The van der Waals surface area contributed by atoms with Gasteiger partial charge >= 0.3 is 0 Å². The molecule has 1 fully saturated rings. The lowest BCUT2D eigenvalue weighted by Crippen LogP contribution is -2.39. The number of nitrogens with zero attached hydrogens (tertiary/aromatic N) is 3. The summed E-state index contributed by atoms with van der Waals surface area (Å²) < 4.78 is 7.58. The first kappa shape index (κ1) is 22.3. The third kappa shape index (κ3) is 4.96. The average Bonchev–Trinajstić information content (AvgIpc) is 3.14. The number of carbonyl (C=O) groups is 1. The van der Waals surface area contributed by atoms with Gasteiger partial charge in [-0.05, 0) is 70.4 Å². The number of benzene rings is 1. The Balaban J connectivity index is 1.56. The van der Waals surface area contributed by atoms with Crippen molar-refractivity contribution in [3.05, 3.63) is 65.5 Å². The molecule has 1 saturated heterocycles. The van der Waals surface area contributed by atoms with Gasteiger partial charge in [-0.3, -0.25) is 9.20 Å². The van der Waals surface area contributed by atoms with E-state index in [0.717, 1.165) is 47.7 Å². The fraction of sp³-hybridized carbons (Fsp3) is 0.462. The van der Waals surface area contributed by atoms with Crippen molar-refractivity contribution >= 4 is 17.4 Å². The number of pyridine rings is 1. The van der Waals surface area contributed by atoms with Crippen molar-refractivity contribution in [1.29, 1.82) is 0 Å². The predicted molar refractivity (Wildman–Crippen MR) is 128 cm³/mol. The molecule has 6 nitrogen and oxygen atoms in total. The molecule has 0 aliphatic carbocycles. The third-order valence-corrected chi connectivity index (χ3v) is 5.82. The maximum absolute atomic E-state index is 13.2. The molecule has 1 amide bonds. The van der Waals surface area contributed by atoms with Gasteiger partial charge in [0.1, 0.15) is 11.5 Å². The summed E-state index contributed by atoms with van der Waals surface area (Å²) in [5.41, 5.74) is 3.71. The number of carbonyl (C=O) groups excluding carboxylic acids is 1. The molecule has 32 heavy (non-hydrogen) atoms. The summed E-state index contributed by atoms with van der Waals surface area (Å²) in [7, 11) is 0. The SMILES string of the molecule is CCOCc1ccc(C(=O)N2CCC[C@@H](c3nc4ccccn4c3NC(C)(C)C)C2)cc1. The van der Waals surface area contributed by atoms with Crippen molar-refractivity contribution in [2.24, 2.45) is 0 Å². The lowest BCUT2D eigenvalue weighted by atomic mass is 9.93. The van der Waals surface area contributed by atoms with Crippen LogP contribution in [0.25, 0.3) is 5.65 Å². The van der Waals surface area contributed by atoms with E-state index in [1.54, 1.807) is 0 Å². The first-order valence-electron chi connectivity index (χ1n) is 11.6. The number of fused-ring (bicyclic) bond motifs is 1. The van der Waals surface area contributed by atoms with Gasteiger partial charge in [-0.1, -0.05) is 18.2 Å². The number of amides is 1. The van der Waals surface area contributed by atoms with Crippen LogP contribution in [0.4, 0.5) is 5.82 Å². The van der Waals surface area contributed by atoms with Gasteiger partial charge in [-0.15, -0.1) is 0 Å². The number of nitrogens with one attached hydrogen (secondary N) is 1. The normalized spacial score (nSPS) is 17.0. The van der Waals surface area contributed by atoms with Crippen LogP contribution in [0.1, 0.15) is 68.1 Å². The van der Waals surface area contributed by atoms with Crippen molar-refractivity contribution < 1.29 is 9.53 Å². The first-order valence-corrected chi connectivity index (χ1v) is 11.6. The molecular formula is C26H34N4O2. The zero-order valence-corrected chi connectivity index (χ0v) is 19.6. The molecule has 1 N–H and O–H groups in total. The molecule has 0 unspecified atom stereocenters. The van der Waals surface area contributed by atoms with Crippen LogP contribution in [0.3, 0.4) is 0 Å². The quantitative estimate of drug-likeness (QED) is 0.586. The summed E-state index contributed by atoms with van der Waals surface area (Å²) in [6.07, 6.45) is 4.05. The summed E-state index contributed by atoms with van der Waals surface area (Å²) in [4.78, 5) is 20.2.